The molecule has 0 radical (unpaired) electrons. The van der Waals surface area contributed by atoms with Gasteiger partial charge in [0.1, 0.15) is 11.7 Å². The minimum Gasteiger partial charge on any atom is -0.483 e. The first-order valence-corrected chi connectivity index (χ1v) is 8.74. The normalized spacial score (nSPS) is 16.1. The van der Waals surface area contributed by atoms with Gasteiger partial charge in [0, 0.05) is 23.4 Å². The molecule has 0 aliphatic carbocycles. The van der Waals surface area contributed by atoms with Crippen molar-refractivity contribution in [2.45, 2.75) is 32.0 Å². The smallest absolute Gasteiger partial charge is 0.258 e. The van der Waals surface area contributed by atoms with Crippen LogP contribution >= 0.6 is 11.3 Å². The van der Waals surface area contributed by atoms with Gasteiger partial charge in [0.05, 0.1) is 0 Å². The molecule has 2 heterocycles. The summed E-state index contributed by atoms with van der Waals surface area (Å²) in [4.78, 5) is 12.8. The summed E-state index contributed by atoms with van der Waals surface area (Å²) in [5, 5.41) is 14.5. The summed E-state index contributed by atoms with van der Waals surface area (Å²) in [5.74, 6) is 1.02. The standard InChI is InChI=1S/C18H21NO4S/c1-18(2)9-12-5-3-6-14(17(12)23-18)22-11-16(21)19-10-13(20)15-7-4-8-24-15/h3-8,13,20H,9-11H2,1-2H3,(H,19,21)/t13-/m1/s1. The number of hydrogen-bond acceptors (Lipinski definition) is 5. The van der Waals surface area contributed by atoms with Gasteiger partial charge in [0.15, 0.2) is 18.1 Å². The van der Waals surface area contributed by atoms with Crippen LogP contribution in [-0.2, 0) is 11.2 Å². The second kappa shape index (κ2) is 6.83. The Morgan fingerprint density at radius 1 is 1.42 bits per heavy atom. The Labute approximate surface area is 145 Å². The van der Waals surface area contributed by atoms with Gasteiger partial charge in [0.25, 0.3) is 5.91 Å². The molecule has 1 amide bonds. The van der Waals surface area contributed by atoms with Gasteiger partial charge < -0.3 is 19.9 Å². The summed E-state index contributed by atoms with van der Waals surface area (Å²) in [6, 6.07) is 9.41. The fourth-order valence-electron chi connectivity index (χ4n) is 2.69. The zero-order valence-electron chi connectivity index (χ0n) is 13.7. The number of aliphatic hydroxyl groups is 1. The minimum absolute atomic E-state index is 0.114. The number of carbonyl (C=O) groups excluding carboxylic acids is 1. The van der Waals surface area contributed by atoms with Crippen LogP contribution < -0.4 is 14.8 Å². The van der Waals surface area contributed by atoms with Gasteiger partial charge in [-0.3, -0.25) is 4.79 Å². The number of amides is 1. The van der Waals surface area contributed by atoms with Crippen molar-refractivity contribution >= 4 is 17.2 Å². The largest absolute Gasteiger partial charge is 0.483 e. The predicted octanol–water partition coefficient (Wildman–Crippen LogP) is 2.69. The van der Waals surface area contributed by atoms with E-state index in [1.54, 1.807) is 6.07 Å². The van der Waals surface area contributed by atoms with Gasteiger partial charge in [-0.25, -0.2) is 0 Å². The van der Waals surface area contributed by atoms with Crippen molar-refractivity contribution < 1.29 is 19.4 Å². The summed E-state index contributed by atoms with van der Waals surface area (Å²) in [6.45, 7) is 4.10. The molecule has 0 saturated heterocycles. The van der Waals surface area contributed by atoms with Crippen molar-refractivity contribution in [1.29, 1.82) is 0 Å². The average molecular weight is 347 g/mol. The second-order valence-electron chi connectivity index (χ2n) is 6.41. The van der Waals surface area contributed by atoms with Crippen molar-refractivity contribution in [1.82, 2.24) is 5.32 Å². The molecule has 1 aromatic carbocycles. The summed E-state index contributed by atoms with van der Waals surface area (Å²) in [5.41, 5.74) is 0.834. The van der Waals surface area contributed by atoms with E-state index in [9.17, 15) is 9.90 Å². The summed E-state index contributed by atoms with van der Waals surface area (Å²) < 4.78 is 11.5. The first kappa shape index (κ1) is 16.8. The van der Waals surface area contributed by atoms with E-state index in [0.29, 0.717) is 11.5 Å². The van der Waals surface area contributed by atoms with Gasteiger partial charge >= 0.3 is 0 Å². The lowest BCUT2D eigenvalue weighted by Crippen LogP contribution is -2.32. The van der Waals surface area contributed by atoms with Crippen molar-refractivity contribution in [3.05, 3.63) is 46.2 Å². The fourth-order valence-corrected chi connectivity index (χ4v) is 3.40. The van der Waals surface area contributed by atoms with Crippen LogP contribution in [0.5, 0.6) is 11.5 Å². The maximum absolute atomic E-state index is 11.9. The van der Waals surface area contributed by atoms with Gasteiger partial charge in [-0.2, -0.15) is 0 Å². The summed E-state index contributed by atoms with van der Waals surface area (Å²) >= 11 is 1.46. The Kier molecular flexibility index (Phi) is 4.78. The van der Waals surface area contributed by atoms with Crippen LogP contribution in [0.2, 0.25) is 0 Å². The van der Waals surface area contributed by atoms with Crippen molar-refractivity contribution in [3.63, 3.8) is 0 Å². The quantitative estimate of drug-likeness (QED) is 0.843. The van der Waals surface area contributed by atoms with Gasteiger partial charge in [-0.05, 0) is 31.4 Å². The lowest BCUT2D eigenvalue weighted by molar-refractivity contribution is -0.123. The minimum atomic E-state index is -0.695. The zero-order chi connectivity index (χ0) is 17.2. The van der Waals surface area contributed by atoms with E-state index in [2.05, 4.69) is 5.32 Å². The number of ether oxygens (including phenoxy) is 2. The van der Waals surface area contributed by atoms with E-state index in [0.717, 1.165) is 16.9 Å². The number of rotatable bonds is 6. The molecule has 0 spiro atoms. The maximum atomic E-state index is 11.9. The van der Waals surface area contributed by atoms with Crippen molar-refractivity contribution in [2.75, 3.05) is 13.2 Å². The van der Waals surface area contributed by atoms with Crippen LogP contribution in [0, 0.1) is 0 Å². The highest BCUT2D eigenvalue weighted by Gasteiger charge is 2.32. The molecule has 0 unspecified atom stereocenters. The Morgan fingerprint density at radius 2 is 2.25 bits per heavy atom. The average Bonchev–Trinajstić information content (AvgIpc) is 3.16. The van der Waals surface area contributed by atoms with Gasteiger partial charge in [-0.1, -0.05) is 18.2 Å². The first-order chi connectivity index (χ1) is 11.4. The Hall–Kier alpha value is -2.05. The molecule has 0 bridgehead atoms. The fraction of sp³-hybridized carbons (Fsp3) is 0.389. The van der Waals surface area contributed by atoms with Crippen LogP contribution in [0.15, 0.2) is 35.7 Å². The topological polar surface area (TPSA) is 67.8 Å². The first-order valence-electron chi connectivity index (χ1n) is 7.86. The predicted molar refractivity (Wildman–Crippen MR) is 92.6 cm³/mol. The molecule has 0 saturated carbocycles. The molecule has 1 aliphatic heterocycles. The number of aliphatic hydroxyl groups excluding tert-OH is 1. The van der Waals surface area contributed by atoms with Crippen LogP contribution in [-0.4, -0.2) is 29.8 Å². The van der Waals surface area contributed by atoms with Crippen LogP contribution in [0.3, 0.4) is 0 Å². The third-order valence-corrected chi connectivity index (χ3v) is 4.75. The molecule has 5 nitrogen and oxygen atoms in total. The molecule has 128 valence electrons. The summed E-state index contributed by atoms with van der Waals surface area (Å²) in [6.07, 6.45) is 0.123. The molecular formula is C18H21NO4S. The number of thiophene rings is 1. The number of benzene rings is 1. The lowest BCUT2D eigenvalue weighted by Gasteiger charge is -2.18. The molecule has 2 N–H and O–H groups in total. The Morgan fingerprint density at radius 3 is 3.00 bits per heavy atom. The third kappa shape index (κ3) is 3.88. The molecule has 1 aromatic heterocycles. The molecular weight excluding hydrogens is 326 g/mol. The number of nitrogens with one attached hydrogen (secondary N) is 1. The van der Waals surface area contributed by atoms with Crippen LogP contribution in [0.25, 0.3) is 0 Å². The molecule has 0 fully saturated rings. The summed E-state index contributed by atoms with van der Waals surface area (Å²) in [7, 11) is 0. The Balaban J connectivity index is 1.52. The molecule has 6 heteroatoms. The number of para-hydroxylation sites is 1. The SMILES string of the molecule is CC1(C)Cc2cccc(OCC(=O)NC[C@@H](O)c3cccs3)c2O1. The molecule has 1 atom stereocenters. The zero-order valence-corrected chi connectivity index (χ0v) is 14.6. The van der Waals surface area contributed by atoms with E-state index in [1.807, 2.05) is 43.5 Å². The van der Waals surface area contributed by atoms with E-state index >= 15 is 0 Å². The molecule has 2 aromatic rings. The van der Waals surface area contributed by atoms with Crippen LogP contribution in [0.4, 0.5) is 0 Å². The Bertz CT molecular complexity index is 712. The second-order valence-corrected chi connectivity index (χ2v) is 7.39. The van der Waals surface area contributed by atoms with E-state index in [1.165, 1.54) is 11.3 Å². The lowest BCUT2D eigenvalue weighted by atomic mass is 10.0. The van der Waals surface area contributed by atoms with Crippen LogP contribution in [0.1, 0.15) is 30.4 Å². The number of carbonyl (C=O) groups is 1. The number of hydrogen-bond donors (Lipinski definition) is 2. The van der Waals surface area contributed by atoms with E-state index in [-0.39, 0.29) is 24.7 Å². The van der Waals surface area contributed by atoms with Crippen molar-refractivity contribution in [3.8, 4) is 11.5 Å². The molecule has 24 heavy (non-hydrogen) atoms. The highest BCUT2D eigenvalue weighted by atomic mass is 32.1. The maximum Gasteiger partial charge on any atom is 0.258 e. The number of fused-ring (bicyclic) bond motifs is 1. The van der Waals surface area contributed by atoms with Gasteiger partial charge in [-0.15, -0.1) is 11.3 Å². The highest BCUT2D eigenvalue weighted by molar-refractivity contribution is 7.10. The van der Waals surface area contributed by atoms with E-state index in [4.69, 9.17) is 9.47 Å². The highest BCUT2D eigenvalue weighted by Crippen LogP contribution is 2.41. The third-order valence-electron chi connectivity index (χ3n) is 3.78. The molecule has 1 aliphatic rings. The van der Waals surface area contributed by atoms with Crippen molar-refractivity contribution in [2.24, 2.45) is 0 Å². The van der Waals surface area contributed by atoms with Gasteiger partial charge in [0.2, 0.25) is 0 Å². The van der Waals surface area contributed by atoms with E-state index < -0.39 is 6.10 Å². The molecule has 3 rings (SSSR count). The monoisotopic (exact) mass is 347 g/mol.